The Morgan fingerprint density at radius 2 is 1.54 bits per heavy atom. The van der Waals surface area contributed by atoms with Crippen LogP contribution in [-0.4, -0.2) is 65.9 Å². The molecule has 1 aromatic carbocycles. The van der Waals surface area contributed by atoms with Gasteiger partial charge in [0.2, 0.25) is 0 Å². The first-order valence-corrected chi connectivity index (χ1v) is 10.3. The van der Waals surface area contributed by atoms with Gasteiger partial charge in [0.1, 0.15) is 0 Å². The quantitative estimate of drug-likeness (QED) is 0.705. The monoisotopic (exact) mass is 380 g/mol. The maximum absolute atomic E-state index is 12.7. The van der Waals surface area contributed by atoms with Gasteiger partial charge < -0.3 is 9.80 Å². The molecule has 0 aliphatic carbocycles. The van der Waals surface area contributed by atoms with Gasteiger partial charge in [-0.05, 0) is 68.4 Å². The van der Waals surface area contributed by atoms with Crippen molar-refractivity contribution in [3.05, 3.63) is 65.5 Å². The Kier molecular flexibility index (Phi) is 7.57. The van der Waals surface area contributed by atoms with Crippen LogP contribution in [0.25, 0.3) is 0 Å². The van der Waals surface area contributed by atoms with Crippen LogP contribution in [-0.2, 0) is 13.1 Å². The summed E-state index contributed by atoms with van der Waals surface area (Å²) < 4.78 is 0. The summed E-state index contributed by atoms with van der Waals surface area (Å²) in [5.41, 5.74) is 3.23. The lowest BCUT2D eigenvalue weighted by molar-refractivity contribution is 0.0773. The Bertz CT molecular complexity index is 726. The number of hydrogen-bond donors (Lipinski definition) is 0. The SMILES string of the molecule is CN(Cc1ccncc1)Cc1ccc(C(=O)N(C)CCN2CCCCC2)cc1. The molecule has 2 aromatic rings. The number of likely N-dealkylation sites (N-methyl/N-ethyl adjacent to an activating group) is 1. The van der Waals surface area contributed by atoms with E-state index in [0.717, 1.165) is 31.7 Å². The Morgan fingerprint density at radius 1 is 0.929 bits per heavy atom. The number of amides is 1. The largest absolute Gasteiger partial charge is 0.340 e. The van der Waals surface area contributed by atoms with Crippen molar-refractivity contribution in [2.75, 3.05) is 40.3 Å². The molecular formula is C23H32N4O. The second-order valence-corrected chi connectivity index (χ2v) is 7.85. The standard InChI is InChI=1S/C23H32N4O/c1-25(19-21-10-12-24-13-11-21)18-20-6-8-22(9-7-20)23(28)26(2)16-17-27-14-4-3-5-15-27/h6-13H,3-5,14-19H2,1-2H3. The van der Waals surface area contributed by atoms with E-state index in [0.29, 0.717) is 0 Å². The molecule has 0 spiro atoms. The minimum absolute atomic E-state index is 0.105. The number of hydrogen-bond acceptors (Lipinski definition) is 4. The zero-order valence-electron chi connectivity index (χ0n) is 17.2. The third kappa shape index (κ3) is 6.14. The molecule has 150 valence electrons. The van der Waals surface area contributed by atoms with Crippen molar-refractivity contribution < 1.29 is 4.79 Å². The van der Waals surface area contributed by atoms with Gasteiger partial charge in [-0.3, -0.25) is 14.7 Å². The minimum atomic E-state index is 0.105. The van der Waals surface area contributed by atoms with Crippen molar-refractivity contribution in [2.24, 2.45) is 0 Å². The van der Waals surface area contributed by atoms with Crippen LogP contribution in [0.4, 0.5) is 0 Å². The van der Waals surface area contributed by atoms with E-state index in [-0.39, 0.29) is 5.91 Å². The number of pyridine rings is 1. The van der Waals surface area contributed by atoms with Crippen LogP contribution in [0, 0.1) is 0 Å². The maximum Gasteiger partial charge on any atom is 0.253 e. The molecule has 0 radical (unpaired) electrons. The maximum atomic E-state index is 12.7. The van der Waals surface area contributed by atoms with Crippen molar-refractivity contribution in [1.82, 2.24) is 19.7 Å². The molecule has 1 fully saturated rings. The average molecular weight is 381 g/mol. The number of rotatable bonds is 8. The third-order valence-electron chi connectivity index (χ3n) is 5.40. The van der Waals surface area contributed by atoms with Gasteiger partial charge in [-0.2, -0.15) is 0 Å². The molecule has 0 unspecified atom stereocenters. The number of benzene rings is 1. The van der Waals surface area contributed by atoms with Crippen LogP contribution in [0.3, 0.4) is 0 Å². The van der Waals surface area contributed by atoms with E-state index < -0.39 is 0 Å². The average Bonchev–Trinajstić information content (AvgIpc) is 2.73. The molecule has 0 atom stereocenters. The molecule has 28 heavy (non-hydrogen) atoms. The second-order valence-electron chi connectivity index (χ2n) is 7.85. The van der Waals surface area contributed by atoms with Crippen LogP contribution >= 0.6 is 0 Å². The van der Waals surface area contributed by atoms with Crippen LogP contribution in [0.15, 0.2) is 48.8 Å². The molecule has 3 rings (SSSR count). The highest BCUT2D eigenvalue weighted by atomic mass is 16.2. The van der Waals surface area contributed by atoms with Crippen molar-refractivity contribution in [3.63, 3.8) is 0 Å². The molecule has 1 saturated heterocycles. The van der Waals surface area contributed by atoms with Crippen LogP contribution < -0.4 is 0 Å². The Morgan fingerprint density at radius 3 is 2.18 bits per heavy atom. The topological polar surface area (TPSA) is 39.7 Å². The van der Waals surface area contributed by atoms with E-state index in [4.69, 9.17) is 0 Å². The molecular weight excluding hydrogens is 348 g/mol. The molecule has 1 aliphatic heterocycles. The van der Waals surface area contributed by atoms with Gasteiger partial charge >= 0.3 is 0 Å². The van der Waals surface area contributed by atoms with E-state index in [1.165, 1.54) is 43.5 Å². The normalized spacial score (nSPS) is 15.0. The number of likely N-dealkylation sites (tertiary alicyclic amines) is 1. The summed E-state index contributed by atoms with van der Waals surface area (Å²) >= 11 is 0. The predicted molar refractivity (Wildman–Crippen MR) is 113 cm³/mol. The number of carbonyl (C=O) groups excluding carboxylic acids is 1. The third-order valence-corrected chi connectivity index (χ3v) is 5.40. The summed E-state index contributed by atoms with van der Waals surface area (Å²) in [4.78, 5) is 23.3. The number of piperidine rings is 1. The number of nitrogens with zero attached hydrogens (tertiary/aromatic N) is 4. The number of aromatic nitrogens is 1. The summed E-state index contributed by atoms with van der Waals surface area (Å²) in [6.45, 7) is 5.83. The van der Waals surface area contributed by atoms with Crippen molar-refractivity contribution in [1.29, 1.82) is 0 Å². The first-order valence-electron chi connectivity index (χ1n) is 10.3. The highest BCUT2D eigenvalue weighted by Crippen LogP contribution is 2.12. The Balaban J connectivity index is 1.47. The molecule has 2 heterocycles. The molecule has 5 heteroatoms. The van der Waals surface area contributed by atoms with E-state index in [1.807, 2.05) is 48.6 Å². The summed E-state index contributed by atoms with van der Waals surface area (Å²) in [5, 5.41) is 0. The lowest BCUT2D eigenvalue weighted by Gasteiger charge is -2.28. The fraction of sp³-hybridized carbons (Fsp3) is 0.478. The summed E-state index contributed by atoms with van der Waals surface area (Å²) in [6.07, 6.45) is 7.57. The molecule has 5 nitrogen and oxygen atoms in total. The fourth-order valence-electron chi connectivity index (χ4n) is 3.72. The zero-order chi connectivity index (χ0) is 19.8. The highest BCUT2D eigenvalue weighted by Gasteiger charge is 2.15. The van der Waals surface area contributed by atoms with Crippen molar-refractivity contribution >= 4 is 5.91 Å². The van der Waals surface area contributed by atoms with E-state index in [1.54, 1.807) is 0 Å². The van der Waals surface area contributed by atoms with E-state index >= 15 is 0 Å². The van der Waals surface area contributed by atoms with Crippen molar-refractivity contribution in [3.8, 4) is 0 Å². The summed E-state index contributed by atoms with van der Waals surface area (Å²) in [7, 11) is 4.01. The Labute approximate surface area is 169 Å². The number of carbonyl (C=O) groups is 1. The molecule has 1 aromatic heterocycles. The van der Waals surface area contributed by atoms with Crippen LogP contribution in [0.5, 0.6) is 0 Å². The summed E-state index contributed by atoms with van der Waals surface area (Å²) in [6, 6.07) is 12.1. The lowest BCUT2D eigenvalue weighted by atomic mass is 10.1. The van der Waals surface area contributed by atoms with E-state index in [9.17, 15) is 4.79 Å². The highest BCUT2D eigenvalue weighted by molar-refractivity contribution is 5.94. The second kappa shape index (κ2) is 10.3. The molecule has 1 amide bonds. The fourth-order valence-corrected chi connectivity index (χ4v) is 3.72. The van der Waals surface area contributed by atoms with Gasteiger partial charge in [-0.15, -0.1) is 0 Å². The predicted octanol–water partition coefficient (Wildman–Crippen LogP) is 3.27. The molecule has 0 N–H and O–H groups in total. The van der Waals surface area contributed by atoms with Gasteiger partial charge in [-0.1, -0.05) is 18.6 Å². The van der Waals surface area contributed by atoms with Gasteiger partial charge in [0, 0.05) is 51.2 Å². The smallest absolute Gasteiger partial charge is 0.253 e. The summed E-state index contributed by atoms with van der Waals surface area (Å²) in [5.74, 6) is 0.105. The van der Waals surface area contributed by atoms with Gasteiger partial charge in [0.15, 0.2) is 0 Å². The Hall–Kier alpha value is -2.24. The minimum Gasteiger partial charge on any atom is -0.340 e. The first-order chi connectivity index (χ1) is 13.6. The van der Waals surface area contributed by atoms with Crippen molar-refractivity contribution in [2.45, 2.75) is 32.4 Å². The molecule has 0 saturated carbocycles. The van der Waals surface area contributed by atoms with Gasteiger partial charge in [0.05, 0.1) is 0 Å². The van der Waals surface area contributed by atoms with Crippen LogP contribution in [0.2, 0.25) is 0 Å². The first kappa shape index (κ1) is 20.5. The molecule has 0 bridgehead atoms. The zero-order valence-corrected chi connectivity index (χ0v) is 17.2. The van der Waals surface area contributed by atoms with Gasteiger partial charge in [-0.25, -0.2) is 0 Å². The van der Waals surface area contributed by atoms with E-state index in [2.05, 4.69) is 34.0 Å². The van der Waals surface area contributed by atoms with Crippen LogP contribution in [0.1, 0.15) is 40.7 Å². The van der Waals surface area contributed by atoms with Gasteiger partial charge in [0.25, 0.3) is 5.91 Å². The molecule has 1 aliphatic rings. The lowest BCUT2D eigenvalue weighted by Crippen LogP contribution is -2.38.